The zero-order valence-electron chi connectivity index (χ0n) is 13.1. The lowest BCUT2D eigenvalue weighted by Gasteiger charge is -1.96. The van der Waals surface area contributed by atoms with Crippen LogP contribution in [-0.4, -0.2) is 27.6 Å². The molecule has 23 heavy (non-hydrogen) atoms. The molecular weight excluding hydrogens is 286 g/mol. The fourth-order valence-electron chi connectivity index (χ4n) is 2.08. The molecular formula is C18H17N5. The van der Waals surface area contributed by atoms with E-state index in [9.17, 15) is 0 Å². The number of aromatic nitrogens is 3. The molecule has 0 aliphatic heterocycles. The van der Waals surface area contributed by atoms with Crippen LogP contribution in [0.1, 0.15) is 22.8 Å². The SMILES string of the molecule is Cc1ccccc1N=Cc1n[nH]c(C=Nc2ccccc2C)n1. The Bertz CT molecular complexity index is 791. The summed E-state index contributed by atoms with van der Waals surface area (Å²) in [6.07, 6.45) is 3.31. The van der Waals surface area contributed by atoms with Gasteiger partial charge in [0.1, 0.15) is 0 Å². The maximum atomic E-state index is 4.42. The monoisotopic (exact) mass is 303 g/mol. The zero-order valence-corrected chi connectivity index (χ0v) is 13.1. The van der Waals surface area contributed by atoms with Gasteiger partial charge in [-0.25, -0.2) is 4.98 Å². The molecule has 1 heterocycles. The predicted octanol–water partition coefficient (Wildman–Crippen LogP) is 3.92. The van der Waals surface area contributed by atoms with Crippen LogP contribution in [-0.2, 0) is 0 Å². The zero-order chi connectivity index (χ0) is 16.1. The van der Waals surface area contributed by atoms with Gasteiger partial charge in [0.25, 0.3) is 0 Å². The molecule has 0 saturated carbocycles. The van der Waals surface area contributed by atoms with E-state index in [4.69, 9.17) is 0 Å². The van der Waals surface area contributed by atoms with Gasteiger partial charge in [-0.05, 0) is 37.1 Å². The van der Waals surface area contributed by atoms with Crippen LogP contribution in [0.15, 0.2) is 58.5 Å². The van der Waals surface area contributed by atoms with Gasteiger partial charge in [0.15, 0.2) is 11.6 Å². The normalized spacial score (nSPS) is 11.6. The first-order chi connectivity index (χ1) is 11.2. The topological polar surface area (TPSA) is 66.3 Å². The van der Waals surface area contributed by atoms with Gasteiger partial charge >= 0.3 is 0 Å². The maximum absolute atomic E-state index is 4.42. The quantitative estimate of drug-likeness (QED) is 0.742. The van der Waals surface area contributed by atoms with E-state index in [2.05, 4.69) is 25.2 Å². The molecule has 0 bridgehead atoms. The first-order valence-electron chi connectivity index (χ1n) is 7.34. The van der Waals surface area contributed by atoms with Crippen molar-refractivity contribution in [1.29, 1.82) is 0 Å². The van der Waals surface area contributed by atoms with E-state index in [-0.39, 0.29) is 0 Å². The van der Waals surface area contributed by atoms with Crippen LogP contribution in [0, 0.1) is 13.8 Å². The van der Waals surface area contributed by atoms with E-state index in [1.807, 2.05) is 62.4 Å². The highest BCUT2D eigenvalue weighted by atomic mass is 15.2. The van der Waals surface area contributed by atoms with Crippen molar-refractivity contribution in [1.82, 2.24) is 15.2 Å². The molecule has 5 nitrogen and oxygen atoms in total. The number of aryl methyl sites for hydroxylation is 2. The summed E-state index contributed by atoms with van der Waals surface area (Å²) in [7, 11) is 0. The van der Waals surface area contributed by atoms with Gasteiger partial charge in [0.05, 0.1) is 23.8 Å². The number of rotatable bonds is 4. The van der Waals surface area contributed by atoms with Crippen molar-refractivity contribution in [2.45, 2.75) is 13.8 Å². The molecule has 5 heteroatoms. The fraction of sp³-hybridized carbons (Fsp3) is 0.111. The van der Waals surface area contributed by atoms with Crippen LogP contribution in [0.25, 0.3) is 0 Å². The Kier molecular flexibility index (Phi) is 4.38. The summed E-state index contributed by atoms with van der Waals surface area (Å²) in [4.78, 5) is 13.2. The molecule has 1 aromatic heterocycles. The molecule has 3 aromatic rings. The largest absolute Gasteiger partial charge is 0.258 e. The van der Waals surface area contributed by atoms with Gasteiger partial charge in [-0.15, -0.1) is 0 Å². The van der Waals surface area contributed by atoms with E-state index >= 15 is 0 Å². The molecule has 0 radical (unpaired) electrons. The lowest BCUT2D eigenvalue weighted by molar-refractivity contribution is 1.07. The second kappa shape index (κ2) is 6.79. The molecule has 0 fully saturated rings. The number of para-hydroxylation sites is 2. The average Bonchev–Trinajstić information content (AvgIpc) is 3.01. The van der Waals surface area contributed by atoms with Crippen LogP contribution in [0.2, 0.25) is 0 Å². The lowest BCUT2D eigenvalue weighted by Crippen LogP contribution is -1.86. The van der Waals surface area contributed by atoms with Gasteiger partial charge in [-0.1, -0.05) is 36.4 Å². The Morgan fingerprint density at radius 1 is 0.826 bits per heavy atom. The third-order valence-corrected chi connectivity index (χ3v) is 3.40. The van der Waals surface area contributed by atoms with Gasteiger partial charge in [0.2, 0.25) is 0 Å². The van der Waals surface area contributed by atoms with Crippen LogP contribution in [0.4, 0.5) is 11.4 Å². The molecule has 0 unspecified atom stereocenters. The van der Waals surface area contributed by atoms with Crippen LogP contribution in [0.3, 0.4) is 0 Å². The summed E-state index contributed by atoms with van der Waals surface area (Å²) < 4.78 is 0. The third kappa shape index (κ3) is 3.77. The van der Waals surface area contributed by atoms with E-state index < -0.39 is 0 Å². The average molecular weight is 303 g/mol. The molecule has 0 saturated heterocycles. The number of aliphatic imine (C=N–C) groups is 2. The van der Waals surface area contributed by atoms with Crippen molar-refractivity contribution in [2.75, 3.05) is 0 Å². The van der Waals surface area contributed by atoms with Crippen molar-refractivity contribution in [3.05, 3.63) is 71.3 Å². The maximum Gasteiger partial charge on any atom is 0.192 e. The Labute approximate surface area is 134 Å². The van der Waals surface area contributed by atoms with Gasteiger partial charge in [-0.2, -0.15) is 5.10 Å². The minimum Gasteiger partial charge on any atom is -0.258 e. The van der Waals surface area contributed by atoms with Crippen molar-refractivity contribution in [3.8, 4) is 0 Å². The molecule has 1 N–H and O–H groups in total. The number of nitrogens with zero attached hydrogens (tertiary/aromatic N) is 4. The number of hydrogen-bond acceptors (Lipinski definition) is 4. The predicted molar refractivity (Wildman–Crippen MR) is 93.2 cm³/mol. The minimum absolute atomic E-state index is 0.527. The van der Waals surface area contributed by atoms with Gasteiger partial charge in [0, 0.05) is 0 Å². The van der Waals surface area contributed by atoms with Gasteiger partial charge in [-0.3, -0.25) is 15.1 Å². The summed E-state index contributed by atoms with van der Waals surface area (Å²) >= 11 is 0. The third-order valence-electron chi connectivity index (χ3n) is 3.40. The molecule has 0 spiro atoms. The molecule has 3 rings (SSSR count). The Hall–Kier alpha value is -3.08. The summed E-state index contributed by atoms with van der Waals surface area (Å²) in [5.41, 5.74) is 4.05. The second-order valence-corrected chi connectivity index (χ2v) is 5.17. The summed E-state index contributed by atoms with van der Waals surface area (Å²) in [5.74, 6) is 1.12. The van der Waals surface area contributed by atoms with Crippen LogP contribution < -0.4 is 0 Å². The van der Waals surface area contributed by atoms with E-state index in [0.717, 1.165) is 22.5 Å². The van der Waals surface area contributed by atoms with Gasteiger partial charge < -0.3 is 0 Å². The molecule has 114 valence electrons. The standard InChI is InChI=1S/C18H17N5/c1-13-7-3-5-9-15(13)19-11-17-21-18(23-22-17)12-20-16-10-6-4-8-14(16)2/h3-12H,1-2H3,(H,21,22,23). The first kappa shape index (κ1) is 14.8. The highest BCUT2D eigenvalue weighted by molar-refractivity contribution is 5.82. The number of aromatic amines is 1. The molecule has 0 aliphatic carbocycles. The van der Waals surface area contributed by atoms with Crippen LogP contribution in [0.5, 0.6) is 0 Å². The highest BCUT2D eigenvalue weighted by Crippen LogP contribution is 2.17. The molecule has 2 aromatic carbocycles. The number of nitrogens with one attached hydrogen (secondary N) is 1. The second-order valence-electron chi connectivity index (χ2n) is 5.17. The summed E-state index contributed by atoms with van der Waals surface area (Å²) in [6.45, 7) is 4.04. The molecule has 0 aliphatic rings. The molecule has 0 atom stereocenters. The first-order valence-corrected chi connectivity index (χ1v) is 7.34. The summed E-state index contributed by atoms with van der Waals surface area (Å²) in [5, 5.41) is 6.96. The van der Waals surface area contributed by atoms with Crippen molar-refractivity contribution in [3.63, 3.8) is 0 Å². The minimum atomic E-state index is 0.527. The molecule has 0 amide bonds. The Morgan fingerprint density at radius 2 is 1.39 bits per heavy atom. The van der Waals surface area contributed by atoms with Crippen molar-refractivity contribution >= 4 is 23.8 Å². The number of H-pyrrole nitrogens is 1. The van der Waals surface area contributed by atoms with E-state index in [0.29, 0.717) is 11.6 Å². The fourth-order valence-corrected chi connectivity index (χ4v) is 2.08. The smallest absolute Gasteiger partial charge is 0.192 e. The summed E-state index contributed by atoms with van der Waals surface area (Å²) in [6, 6.07) is 15.8. The van der Waals surface area contributed by atoms with Crippen LogP contribution >= 0.6 is 0 Å². The van der Waals surface area contributed by atoms with Crippen molar-refractivity contribution in [2.24, 2.45) is 9.98 Å². The van der Waals surface area contributed by atoms with Crippen molar-refractivity contribution < 1.29 is 0 Å². The number of benzene rings is 2. The Morgan fingerprint density at radius 3 is 2.00 bits per heavy atom. The lowest BCUT2D eigenvalue weighted by atomic mass is 10.2. The highest BCUT2D eigenvalue weighted by Gasteiger charge is 1.99. The van der Waals surface area contributed by atoms with E-state index in [1.165, 1.54) is 0 Å². The van der Waals surface area contributed by atoms with E-state index in [1.54, 1.807) is 12.4 Å². The Balaban J connectivity index is 1.74. The number of hydrogen-bond donors (Lipinski definition) is 1.